The fourth-order valence-corrected chi connectivity index (χ4v) is 1.53. The number of aliphatic imine (C=N–C) groups is 1. The molecule has 1 aromatic carbocycles. The molecule has 1 saturated heterocycles. The predicted octanol–water partition coefficient (Wildman–Crippen LogP) is 1.71. The molecular weight excluding hydrogens is 242 g/mol. The van der Waals surface area contributed by atoms with Gasteiger partial charge in [0.05, 0.1) is 10.6 Å². The monoisotopic (exact) mass is 252 g/mol. The number of hydrogen-bond donors (Lipinski definition) is 1. The summed E-state index contributed by atoms with van der Waals surface area (Å²) in [4.78, 5) is 15.5. The van der Waals surface area contributed by atoms with Crippen molar-refractivity contribution in [3.8, 4) is 0 Å². The van der Waals surface area contributed by atoms with E-state index >= 15 is 0 Å². The molecule has 1 amide bonds. The van der Waals surface area contributed by atoms with Crippen LogP contribution >= 0.6 is 11.6 Å². The Morgan fingerprint density at radius 2 is 2.35 bits per heavy atom. The Kier molecular flexibility index (Phi) is 3.61. The van der Waals surface area contributed by atoms with Gasteiger partial charge in [-0.3, -0.25) is 4.79 Å². The molecule has 0 aliphatic carbocycles. The van der Waals surface area contributed by atoms with Crippen LogP contribution in [0.2, 0.25) is 5.02 Å². The number of amidine groups is 1. The van der Waals surface area contributed by atoms with E-state index in [1.165, 1.54) is 0 Å². The summed E-state index contributed by atoms with van der Waals surface area (Å²) in [6.45, 7) is 1.94. The Morgan fingerprint density at radius 1 is 1.59 bits per heavy atom. The first kappa shape index (κ1) is 11.9. The molecular formula is C11H11ClN3O2. The zero-order valence-corrected chi connectivity index (χ0v) is 9.94. The van der Waals surface area contributed by atoms with Crippen LogP contribution in [0.1, 0.15) is 23.7 Å². The molecule has 0 saturated carbocycles. The Balaban J connectivity index is 2.12. The van der Waals surface area contributed by atoms with Crippen molar-refractivity contribution in [2.45, 2.75) is 19.6 Å². The molecule has 0 aromatic heterocycles. The maximum absolute atomic E-state index is 11.8. The minimum atomic E-state index is -0.465. The van der Waals surface area contributed by atoms with Gasteiger partial charge in [-0.1, -0.05) is 30.7 Å². The zero-order chi connectivity index (χ0) is 12.3. The Morgan fingerprint density at radius 3 is 3.00 bits per heavy atom. The quantitative estimate of drug-likeness (QED) is 0.872. The van der Waals surface area contributed by atoms with Gasteiger partial charge < -0.3 is 4.74 Å². The number of hydrogen-bond acceptors (Lipinski definition) is 3. The van der Waals surface area contributed by atoms with Crippen LogP contribution in [0.4, 0.5) is 0 Å². The average molecular weight is 253 g/mol. The lowest BCUT2D eigenvalue weighted by Gasteiger charge is -2.02. The van der Waals surface area contributed by atoms with Gasteiger partial charge in [-0.25, -0.2) is 0 Å². The highest BCUT2D eigenvalue weighted by atomic mass is 35.5. The van der Waals surface area contributed by atoms with E-state index in [-0.39, 0.29) is 12.2 Å². The minimum absolute atomic E-state index is 0.0433. The maximum atomic E-state index is 11.8. The molecule has 1 aliphatic heterocycles. The molecule has 1 heterocycles. The topological polar surface area (TPSA) is 64.8 Å². The zero-order valence-electron chi connectivity index (χ0n) is 9.18. The standard InChI is InChI=1S/C11H11ClN3O2/c1-2-9-14-15-11(17-9)13-10(16)7-5-3-4-6-8(7)12/h3-6,9,14H,2H2,1H3. The molecule has 2 rings (SSSR count). The molecule has 6 heteroatoms. The summed E-state index contributed by atoms with van der Waals surface area (Å²) in [6, 6.07) is 6.75. The van der Waals surface area contributed by atoms with Crippen molar-refractivity contribution in [1.29, 1.82) is 0 Å². The van der Waals surface area contributed by atoms with Crippen molar-refractivity contribution >= 4 is 23.5 Å². The highest BCUT2D eigenvalue weighted by molar-refractivity contribution is 6.34. The van der Waals surface area contributed by atoms with Crippen molar-refractivity contribution in [2.24, 2.45) is 4.99 Å². The number of rotatable bonds is 2. The van der Waals surface area contributed by atoms with Gasteiger partial charge in [-0.15, -0.1) is 5.43 Å². The molecule has 1 unspecified atom stereocenters. The van der Waals surface area contributed by atoms with Gasteiger partial charge in [0, 0.05) is 0 Å². The molecule has 1 fully saturated rings. The summed E-state index contributed by atoms with van der Waals surface area (Å²) in [5, 5.41) is 0.361. The van der Waals surface area contributed by atoms with Gasteiger partial charge in [-0.2, -0.15) is 10.4 Å². The van der Waals surface area contributed by atoms with E-state index in [1.807, 2.05) is 6.92 Å². The number of benzene rings is 1. The summed E-state index contributed by atoms with van der Waals surface area (Å²) in [6.07, 6.45) is 0.524. The van der Waals surface area contributed by atoms with Crippen molar-refractivity contribution in [3.63, 3.8) is 0 Å². The Bertz CT molecular complexity index is 462. The van der Waals surface area contributed by atoms with E-state index in [0.29, 0.717) is 10.6 Å². The Hall–Kier alpha value is -1.59. The number of nitrogens with zero attached hydrogens (tertiary/aromatic N) is 2. The van der Waals surface area contributed by atoms with Crippen molar-refractivity contribution in [3.05, 3.63) is 34.9 Å². The van der Waals surface area contributed by atoms with Gasteiger partial charge in [0.1, 0.15) is 0 Å². The van der Waals surface area contributed by atoms with Crippen LogP contribution < -0.4 is 10.9 Å². The molecule has 0 spiro atoms. The lowest BCUT2D eigenvalue weighted by Crippen LogP contribution is -2.25. The second kappa shape index (κ2) is 5.16. The average Bonchev–Trinajstić information content (AvgIpc) is 2.77. The summed E-state index contributed by atoms with van der Waals surface area (Å²) in [5.41, 5.74) is 6.85. The predicted molar refractivity (Wildman–Crippen MR) is 63.7 cm³/mol. The number of nitrogens with one attached hydrogen (secondary N) is 1. The molecule has 89 valence electrons. The molecule has 0 bridgehead atoms. The van der Waals surface area contributed by atoms with Crippen molar-refractivity contribution in [1.82, 2.24) is 10.9 Å². The summed E-state index contributed by atoms with van der Waals surface area (Å²) >= 11 is 5.88. The smallest absolute Gasteiger partial charge is 0.333 e. The summed E-state index contributed by atoms with van der Waals surface area (Å²) in [5.74, 6) is -0.465. The maximum Gasteiger partial charge on any atom is 0.333 e. The minimum Gasteiger partial charge on any atom is -0.442 e. The second-order valence-corrected chi connectivity index (χ2v) is 3.84. The molecule has 1 aliphatic rings. The van der Waals surface area contributed by atoms with E-state index < -0.39 is 5.91 Å². The molecule has 1 radical (unpaired) electrons. The van der Waals surface area contributed by atoms with Crippen molar-refractivity contribution < 1.29 is 9.53 Å². The summed E-state index contributed by atoms with van der Waals surface area (Å²) < 4.78 is 5.25. The second-order valence-electron chi connectivity index (χ2n) is 3.44. The molecule has 5 nitrogen and oxygen atoms in total. The van der Waals surface area contributed by atoms with Crippen LogP contribution in [0.15, 0.2) is 29.3 Å². The molecule has 17 heavy (non-hydrogen) atoms. The van der Waals surface area contributed by atoms with Crippen LogP contribution in [0, 0.1) is 0 Å². The summed E-state index contributed by atoms with van der Waals surface area (Å²) in [7, 11) is 0. The van der Waals surface area contributed by atoms with Gasteiger partial charge in [0.15, 0.2) is 6.23 Å². The lowest BCUT2D eigenvalue weighted by molar-refractivity contribution is 0.0997. The third-order valence-electron chi connectivity index (χ3n) is 2.22. The van der Waals surface area contributed by atoms with Crippen LogP contribution in [0.5, 0.6) is 0 Å². The number of halogens is 1. The van der Waals surface area contributed by atoms with Crippen LogP contribution in [0.3, 0.4) is 0 Å². The third-order valence-corrected chi connectivity index (χ3v) is 2.55. The molecule has 1 N–H and O–H groups in total. The molecule has 1 aromatic rings. The van der Waals surface area contributed by atoms with Gasteiger partial charge >= 0.3 is 6.02 Å². The highest BCUT2D eigenvalue weighted by Crippen LogP contribution is 2.16. The lowest BCUT2D eigenvalue weighted by atomic mass is 10.2. The van der Waals surface area contributed by atoms with E-state index in [4.69, 9.17) is 16.3 Å². The fourth-order valence-electron chi connectivity index (χ4n) is 1.31. The third kappa shape index (κ3) is 2.75. The number of ether oxygens (including phenoxy) is 1. The number of carbonyl (C=O) groups excluding carboxylic acids is 1. The number of amides is 1. The first-order valence-electron chi connectivity index (χ1n) is 5.21. The first-order chi connectivity index (χ1) is 8.20. The molecule has 1 atom stereocenters. The van der Waals surface area contributed by atoms with Crippen LogP contribution in [-0.2, 0) is 4.74 Å². The van der Waals surface area contributed by atoms with Crippen LogP contribution in [-0.4, -0.2) is 18.2 Å². The highest BCUT2D eigenvalue weighted by Gasteiger charge is 2.22. The fraction of sp³-hybridized carbons (Fsp3) is 0.273. The largest absolute Gasteiger partial charge is 0.442 e. The first-order valence-corrected chi connectivity index (χ1v) is 5.59. The Labute approximate surface area is 104 Å². The normalized spacial score (nSPS) is 21.1. The van der Waals surface area contributed by atoms with Crippen LogP contribution in [0.25, 0.3) is 0 Å². The van der Waals surface area contributed by atoms with Gasteiger partial charge in [-0.05, 0) is 18.6 Å². The van der Waals surface area contributed by atoms with Crippen molar-refractivity contribution in [2.75, 3.05) is 0 Å². The van der Waals surface area contributed by atoms with Gasteiger partial charge in [0.2, 0.25) is 0 Å². The van der Waals surface area contributed by atoms with E-state index in [9.17, 15) is 4.79 Å². The number of carbonyl (C=O) groups is 1. The SMILES string of the molecule is CCC1N[N]C(=NC(=O)c2ccccc2Cl)O1. The van der Waals surface area contributed by atoms with Gasteiger partial charge in [0.25, 0.3) is 5.91 Å². The van der Waals surface area contributed by atoms with E-state index in [0.717, 1.165) is 6.42 Å². The van der Waals surface area contributed by atoms with E-state index in [1.54, 1.807) is 24.3 Å². The van der Waals surface area contributed by atoms with E-state index in [2.05, 4.69) is 15.8 Å².